The number of carbonyl (C=O) groups is 2. The first kappa shape index (κ1) is 14.3. The zero-order chi connectivity index (χ0) is 14.6. The number of aromatic carboxylic acids is 1. The van der Waals surface area contributed by atoms with Crippen LogP contribution in [0.3, 0.4) is 0 Å². The van der Waals surface area contributed by atoms with E-state index in [2.05, 4.69) is 4.74 Å². The number of nitrogens with zero attached hydrogens (tertiary/aromatic N) is 1. The fourth-order valence-corrected chi connectivity index (χ4v) is 1.25. The van der Waals surface area contributed by atoms with Gasteiger partial charge in [0.25, 0.3) is 5.69 Å². The molecule has 8 heteroatoms. The molecule has 0 radical (unpaired) electrons. The van der Waals surface area contributed by atoms with Crippen molar-refractivity contribution >= 4 is 23.7 Å². The van der Waals surface area contributed by atoms with Crippen LogP contribution in [0.15, 0.2) is 18.2 Å². The fourth-order valence-electron chi connectivity index (χ4n) is 1.25. The number of carboxylic acid groups (broad SMARTS) is 1. The number of nitro benzene ring substituents is 1. The number of ether oxygens (including phenoxy) is 1. The molecule has 1 aromatic carbocycles. The number of halogens is 1. The van der Waals surface area contributed by atoms with Crippen LogP contribution in [-0.2, 0) is 9.53 Å². The van der Waals surface area contributed by atoms with E-state index in [0.717, 1.165) is 25.3 Å². The quantitative estimate of drug-likeness (QED) is 0.385. The number of hydrogen-bond acceptors (Lipinski definition) is 5. The minimum atomic E-state index is -1.62. The van der Waals surface area contributed by atoms with Crippen molar-refractivity contribution in [2.24, 2.45) is 0 Å². The predicted octanol–water partition coefficient (Wildman–Crippen LogP) is 1.62. The Balaban J connectivity index is 3.33. The monoisotopic (exact) mass is 269 g/mol. The van der Waals surface area contributed by atoms with Crippen LogP contribution >= 0.6 is 0 Å². The summed E-state index contributed by atoms with van der Waals surface area (Å²) in [5.74, 6) is -3.39. The maximum absolute atomic E-state index is 13.5. The van der Waals surface area contributed by atoms with Crippen molar-refractivity contribution in [2.45, 2.75) is 0 Å². The molecule has 0 aliphatic rings. The molecule has 1 N–H and O–H groups in total. The molecule has 19 heavy (non-hydrogen) atoms. The minimum absolute atomic E-state index is 0.290. The van der Waals surface area contributed by atoms with E-state index < -0.39 is 33.9 Å². The second kappa shape index (κ2) is 5.71. The van der Waals surface area contributed by atoms with Crippen LogP contribution in [0, 0.1) is 15.9 Å². The van der Waals surface area contributed by atoms with Crippen molar-refractivity contribution in [3.8, 4) is 0 Å². The van der Waals surface area contributed by atoms with Crippen molar-refractivity contribution in [3.63, 3.8) is 0 Å². The van der Waals surface area contributed by atoms with Crippen LogP contribution in [-0.4, -0.2) is 29.1 Å². The van der Waals surface area contributed by atoms with Crippen LogP contribution in [0.5, 0.6) is 0 Å². The first-order valence-corrected chi connectivity index (χ1v) is 4.84. The highest BCUT2D eigenvalue weighted by Crippen LogP contribution is 2.24. The molecule has 0 aromatic heterocycles. The normalized spacial score (nSPS) is 10.4. The summed E-state index contributed by atoms with van der Waals surface area (Å²) >= 11 is 0. The van der Waals surface area contributed by atoms with Gasteiger partial charge in [0.15, 0.2) is 0 Å². The van der Waals surface area contributed by atoms with Crippen molar-refractivity contribution < 1.29 is 28.7 Å². The first-order valence-electron chi connectivity index (χ1n) is 4.84. The number of nitro groups is 1. The summed E-state index contributed by atoms with van der Waals surface area (Å²) in [6.07, 6.45) is 1.82. The fraction of sp³-hybridized carbons (Fsp3) is 0.0909. The van der Waals surface area contributed by atoms with Gasteiger partial charge in [-0.3, -0.25) is 10.1 Å². The van der Waals surface area contributed by atoms with Crippen molar-refractivity contribution in [1.82, 2.24) is 0 Å². The molecule has 0 aliphatic carbocycles. The van der Waals surface area contributed by atoms with Gasteiger partial charge in [0.2, 0.25) is 0 Å². The van der Waals surface area contributed by atoms with Crippen LogP contribution < -0.4 is 0 Å². The number of benzene rings is 1. The van der Waals surface area contributed by atoms with E-state index in [0.29, 0.717) is 6.07 Å². The summed E-state index contributed by atoms with van der Waals surface area (Å²) in [7, 11) is 1.11. The summed E-state index contributed by atoms with van der Waals surface area (Å²) in [5.41, 5.74) is -1.82. The van der Waals surface area contributed by atoms with Gasteiger partial charge in [0.05, 0.1) is 12.0 Å². The van der Waals surface area contributed by atoms with Gasteiger partial charge in [-0.2, -0.15) is 0 Å². The molecule has 0 amide bonds. The van der Waals surface area contributed by atoms with Crippen molar-refractivity contribution in [2.75, 3.05) is 7.11 Å². The van der Waals surface area contributed by atoms with Gasteiger partial charge in [0.1, 0.15) is 11.4 Å². The Morgan fingerprint density at radius 2 is 2.11 bits per heavy atom. The molecule has 7 nitrogen and oxygen atoms in total. The Bertz CT molecular complexity index is 581. The van der Waals surface area contributed by atoms with Crippen LogP contribution in [0.2, 0.25) is 0 Å². The van der Waals surface area contributed by atoms with Crippen LogP contribution in [0.25, 0.3) is 6.08 Å². The molecule has 0 fully saturated rings. The third-order valence-electron chi connectivity index (χ3n) is 2.14. The standard InChI is InChI=1S/C11H8FNO6/c1-19-10(14)3-2-6-4-9(13(17)18)7(11(15)16)5-8(6)12/h2-5H,1H3,(H,15,16). The van der Waals surface area contributed by atoms with E-state index in [1.807, 2.05) is 0 Å². The summed E-state index contributed by atoms with van der Waals surface area (Å²) in [4.78, 5) is 31.3. The van der Waals surface area contributed by atoms with E-state index in [-0.39, 0.29) is 5.56 Å². The van der Waals surface area contributed by atoms with E-state index in [4.69, 9.17) is 5.11 Å². The lowest BCUT2D eigenvalue weighted by atomic mass is 10.1. The highest BCUT2D eigenvalue weighted by Gasteiger charge is 2.22. The summed E-state index contributed by atoms with van der Waals surface area (Å²) < 4.78 is 17.8. The highest BCUT2D eigenvalue weighted by atomic mass is 19.1. The number of rotatable bonds is 4. The second-order valence-electron chi connectivity index (χ2n) is 3.31. The molecule has 0 spiro atoms. The molecule has 1 aromatic rings. The van der Waals surface area contributed by atoms with E-state index >= 15 is 0 Å². The lowest BCUT2D eigenvalue weighted by Crippen LogP contribution is -2.04. The van der Waals surface area contributed by atoms with Gasteiger partial charge in [-0.05, 0) is 12.1 Å². The topological polar surface area (TPSA) is 107 Å². The molecule has 0 heterocycles. The van der Waals surface area contributed by atoms with Crippen molar-refractivity contribution in [1.29, 1.82) is 0 Å². The number of carboxylic acids is 1. The Morgan fingerprint density at radius 3 is 2.58 bits per heavy atom. The molecule has 100 valence electrons. The smallest absolute Gasteiger partial charge is 0.342 e. The maximum atomic E-state index is 13.5. The summed E-state index contributed by atoms with van der Waals surface area (Å²) in [5, 5.41) is 19.4. The Morgan fingerprint density at radius 1 is 1.47 bits per heavy atom. The van der Waals surface area contributed by atoms with Crippen molar-refractivity contribution in [3.05, 3.63) is 45.3 Å². The highest BCUT2D eigenvalue weighted by molar-refractivity contribution is 5.93. The van der Waals surface area contributed by atoms with Gasteiger partial charge in [-0.1, -0.05) is 0 Å². The molecule has 0 atom stereocenters. The Hall–Kier alpha value is -2.77. The summed E-state index contributed by atoms with van der Waals surface area (Å²) in [6, 6.07) is 1.26. The average molecular weight is 269 g/mol. The average Bonchev–Trinajstić information content (AvgIpc) is 2.35. The number of carbonyl (C=O) groups excluding carboxylic acids is 1. The summed E-state index contributed by atoms with van der Waals surface area (Å²) in [6.45, 7) is 0. The molecule has 0 aliphatic heterocycles. The lowest BCUT2D eigenvalue weighted by Gasteiger charge is -2.01. The van der Waals surface area contributed by atoms with E-state index in [1.54, 1.807) is 0 Å². The van der Waals surface area contributed by atoms with Gasteiger partial charge in [-0.15, -0.1) is 0 Å². The Kier molecular flexibility index (Phi) is 4.30. The van der Waals surface area contributed by atoms with Gasteiger partial charge < -0.3 is 9.84 Å². The SMILES string of the molecule is COC(=O)C=Cc1cc([N+](=O)[O-])c(C(=O)O)cc1F. The maximum Gasteiger partial charge on any atom is 0.342 e. The molecule has 0 unspecified atom stereocenters. The third-order valence-corrected chi connectivity index (χ3v) is 2.14. The molecule has 0 saturated carbocycles. The third kappa shape index (κ3) is 3.35. The van der Waals surface area contributed by atoms with Gasteiger partial charge in [0, 0.05) is 17.7 Å². The number of hydrogen-bond donors (Lipinski definition) is 1. The van der Waals surface area contributed by atoms with Crippen LogP contribution in [0.4, 0.5) is 10.1 Å². The molecular formula is C11H8FNO6. The van der Waals surface area contributed by atoms with E-state index in [9.17, 15) is 24.1 Å². The second-order valence-corrected chi connectivity index (χ2v) is 3.31. The number of esters is 1. The lowest BCUT2D eigenvalue weighted by molar-refractivity contribution is -0.385. The minimum Gasteiger partial charge on any atom is -0.477 e. The molecule has 0 saturated heterocycles. The zero-order valence-electron chi connectivity index (χ0n) is 9.62. The number of methoxy groups -OCH3 is 1. The molecular weight excluding hydrogens is 261 g/mol. The first-order chi connectivity index (χ1) is 8.86. The largest absolute Gasteiger partial charge is 0.477 e. The van der Waals surface area contributed by atoms with E-state index in [1.165, 1.54) is 0 Å². The predicted molar refractivity (Wildman–Crippen MR) is 61.1 cm³/mol. The van der Waals surface area contributed by atoms with Crippen LogP contribution in [0.1, 0.15) is 15.9 Å². The molecule has 0 bridgehead atoms. The Labute approximate surface area is 106 Å². The zero-order valence-corrected chi connectivity index (χ0v) is 9.62. The van der Waals surface area contributed by atoms with Gasteiger partial charge >= 0.3 is 11.9 Å². The molecule has 1 rings (SSSR count). The van der Waals surface area contributed by atoms with Gasteiger partial charge in [-0.25, -0.2) is 14.0 Å².